The molecule has 0 saturated carbocycles. The summed E-state index contributed by atoms with van der Waals surface area (Å²) in [6, 6.07) is 0. The molecule has 3 heteroatoms. The molecule has 1 N–H and O–H groups in total. The molecular weight excluding hydrogens is 214 g/mol. The number of piperidine rings is 1. The van der Waals surface area contributed by atoms with Crippen LogP contribution in [0.4, 0.5) is 0 Å². The third-order valence-electron chi connectivity index (χ3n) is 3.70. The molecule has 1 saturated heterocycles. The molecule has 0 radical (unpaired) electrons. The highest BCUT2D eigenvalue weighted by Crippen LogP contribution is 2.32. The van der Waals surface area contributed by atoms with Crippen LogP contribution in [-0.2, 0) is 4.74 Å². The lowest BCUT2D eigenvalue weighted by atomic mass is 9.88. The van der Waals surface area contributed by atoms with Gasteiger partial charge in [0.15, 0.2) is 0 Å². The Morgan fingerprint density at radius 1 is 1.41 bits per heavy atom. The van der Waals surface area contributed by atoms with E-state index < -0.39 is 5.60 Å². The average molecular weight is 239 g/mol. The molecule has 2 heterocycles. The molecular formula is C14H25NO2. The Morgan fingerprint density at radius 3 is 2.65 bits per heavy atom. The van der Waals surface area contributed by atoms with Crippen LogP contribution in [0.25, 0.3) is 0 Å². The Labute approximate surface area is 104 Å². The highest BCUT2D eigenvalue weighted by atomic mass is 16.5. The van der Waals surface area contributed by atoms with Gasteiger partial charge in [-0.2, -0.15) is 0 Å². The summed E-state index contributed by atoms with van der Waals surface area (Å²) in [4.78, 5) is 2.45. The topological polar surface area (TPSA) is 32.7 Å². The summed E-state index contributed by atoms with van der Waals surface area (Å²) in [7, 11) is 0. The van der Waals surface area contributed by atoms with Crippen LogP contribution in [-0.4, -0.2) is 41.8 Å². The molecule has 0 bridgehead atoms. The number of rotatable bonds is 3. The number of ether oxygens (including phenoxy) is 1. The van der Waals surface area contributed by atoms with E-state index in [1.807, 2.05) is 0 Å². The van der Waals surface area contributed by atoms with Crippen molar-refractivity contribution in [2.24, 2.45) is 5.92 Å². The van der Waals surface area contributed by atoms with Crippen LogP contribution >= 0.6 is 0 Å². The molecule has 2 aliphatic heterocycles. The van der Waals surface area contributed by atoms with Gasteiger partial charge in [0.25, 0.3) is 0 Å². The zero-order chi connectivity index (χ0) is 12.3. The van der Waals surface area contributed by atoms with Crippen molar-refractivity contribution in [2.45, 2.75) is 45.1 Å². The molecule has 17 heavy (non-hydrogen) atoms. The van der Waals surface area contributed by atoms with Crippen molar-refractivity contribution in [3.63, 3.8) is 0 Å². The molecule has 0 spiro atoms. The Bertz CT molecular complexity index is 278. The van der Waals surface area contributed by atoms with Crippen molar-refractivity contribution in [1.82, 2.24) is 4.90 Å². The molecule has 98 valence electrons. The monoisotopic (exact) mass is 239 g/mol. The van der Waals surface area contributed by atoms with Crippen molar-refractivity contribution < 1.29 is 9.84 Å². The van der Waals surface area contributed by atoms with E-state index in [0.29, 0.717) is 5.92 Å². The van der Waals surface area contributed by atoms with Gasteiger partial charge in [0.2, 0.25) is 0 Å². The SMILES string of the molecule is CC(C)CN1CCC(O)(C2=CCCCO2)CC1. The predicted molar refractivity (Wildman–Crippen MR) is 68.7 cm³/mol. The first-order chi connectivity index (χ1) is 8.10. The van der Waals surface area contributed by atoms with E-state index in [2.05, 4.69) is 24.8 Å². The summed E-state index contributed by atoms with van der Waals surface area (Å²) >= 11 is 0. The standard InChI is InChI=1S/C14H25NO2/c1-12(2)11-15-8-6-14(16,7-9-15)13-5-3-4-10-17-13/h5,12,16H,3-4,6-11H2,1-2H3. The van der Waals surface area contributed by atoms with Crippen LogP contribution in [0.3, 0.4) is 0 Å². The molecule has 0 amide bonds. The van der Waals surface area contributed by atoms with Crippen LogP contribution in [0.15, 0.2) is 11.8 Å². The van der Waals surface area contributed by atoms with E-state index >= 15 is 0 Å². The predicted octanol–water partition coefficient (Wildman–Crippen LogP) is 2.16. The van der Waals surface area contributed by atoms with Gasteiger partial charge in [0, 0.05) is 19.6 Å². The highest BCUT2D eigenvalue weighted by Gasteiger charge is 2.37. The molecule has 3 nitrogen and oxygen atoms in total. The Balaban J connectivity index is 1.90. The Morgan fingerprint density at radius 2 is 2.12 bits per heavy atom. The molecule has 2 rings (SSSR count). The van der Waals surface area contributed by atoms with E-state index in [1.165, 1.54) is 0 Å². The number of hydrogen-bond donors (Lipinski definition) is 1. The summed E-state index contributed by atoms with van der Waals surface area (Å²) in [5.74, 6) is 1.54. The molecule has 0 aromatic heterocycles. The van der Waals surface area contributed by atoms with Crippen molar-refractivity contribution >= 4 is 0 Å². The van der Waals surface area contributed by atoms with Crippen LogP contribution in [0, 0.1) is 5.92 Å². The van der Waals surface area contributed by atoms with Crippen LogP contribution in [0.2, 0.25) is 0 Å². The fourth-order valence-electron chi connectivity index (χ4n) is 2.75. The molecule has 0 aliphatic carbocycles. The van der Waals surface area contributed by atoms with E-state index in [1.54, 1.807) is 0 Å². The largest absolute Gasteiger partial charge is 0.495 e. The average Bonchev–Trinajstić information content (AvgIpc) is 2.33. The minimum absolute atomic E-state index is 0.687. The first-order valence-electron chi connectivity index (χ1n) is 6.88. The second-order valence-electron chi connectivity index (χ2n) is 5.79. The molecule has 0 atom stereocenters. The zero-order valence-electron chi connectivity index (χ0n) is 11.1. The van der Waals surface area contributed by atoms with Crippen molar-refractivity contribution in [3.05, 3.63) is 11.8 Å². The second kappa shape index (κ2) is 5.40. The minimum atomic E-state index is -0.687. The molecule has 0 aromatic carbocycles. The van der Waals surface area contributed by atoms with E-state index in [0.717, 1.165) is 57.7 Å². The zero-order valence-corrected chi connectivity index (χ0v) is 11.1. The third-order valence-corrected chi connectivity index (χ3v) is 3.70. The number of allylic oxidation sites excluding steroid dienone is 1. The Kier molecular flexibility index (Phi) is 4.10. The van der Waals surface area contributed by atoms with Crippen LogP contribution in [0.5, 0.6) is 0 Å². The fourth-order valence-corrected chi connectivity index (χ4v) is 2.75. The number of nitrogens with zero attached hydrogens (tertiary/aromatic N) is 1. The summed E-state index contributed by atoms with van der Waals surface area (Å²) in [6.07, 6.45) is 5.84. The normalized spacial score (nSPS) is 25.5. The van der Waals surface area contributed by atoms with Crippen molar-refractivity contribution in [1.29, 1.82) is 0 Å². The third kappa shape index (κ3) is 3.23. The first-order valence-corrected chi connectivity index (χ1v) is 6.88. The molecule has 2 aliphatic rings. The van der Waals surface area contributed by atoms with Crippen molar-refractivity contribution in [2.75, 3.05) is 26.2 Å². The van der Waals surface area contributed by atoms with Gasteiger partial charge >= 0.3 is 0 Å². The smallest absolute Gasteiger partial charge is 0.124 e. The molecule has 1 fully saturated rings. The maximum absolute atomic E-state index is 10.6. The summed E-state index contributed by atoms with van der Waals surface area (Å²) in [6.45, 7) is 8.35. The van der Waals surface area contributed by atoms with E-state index in [4.69, 9.17) is 4.74 Å². The Hall–Kier alpha value is -0.540. The minimum Gasteiger partial charge on any atom is -0.495 e. The number of aliphatic hydroxyl groups is 1. The molecule has 0 unspecified atom stereocenters. The van der Waals surface area contributed by atoms with Crippen LogP contribution in [0.1, 0.15) is 39.5 Å². The number of hydrogen-bond acceptors (Lipinski definition) is 3. The first kappa shape index (κ1) is 12.9. The van der Waals surface area contributed by atoms with Gasteiger partial charge in [0.05, 0.1) is 6.61 Å². The maximum Gasteiger partial charge on any atom is 0.124 e. The summed E-state index contributed by atoms with van der Waals surface area (Å²) in [5.41, 5.74) is -0.687. The summed E-state index contributed by atoms with van der Waals surface area (Å²) in [5, 5.41) is 10.6. The van der Waals surface area contributed by atoms with E-state index in [-0.39, 0.29) is 0 Å². The number of likely N-dealkylation sites (tertiary alicyclic amines) is 1. The lowest BCUT2D eigenvalue weighted by Crippen LogP contribution is -2.47. The quantitative estimate of drug-likeness (QED) is 0.819. The lowest BCUT2D eigenvalue weighted by molar-refractivity contribution is -0.0413. The van der Waals surface area contributed by atoms with Gasteiger partial charge in [0.1, 0.15) is 11.4 Å². The van der Waals surface area contributed by atoms with Crippen molar-refractivity contribution in [3.8, 4) is 0 Å². The fraction of sp³-hybridized carbons (Fsp3) is 0.857. The van der Waals surface area contributed by atoms with Gasteiger partial charge in [-0.15, -0.1) is 0 Å². The van der Waals surface area contributed by atoms with Gasteiger partial charge in [-0.25, -0.2) is 0 Å². The van der Waals surface area contributed by atoms with Crippen LogP contribution < -0.4 is 0 Å². The second-order valence-corrected chi connectivity index (χ2v) is 5.79. The van der Waals surface area contributed by atoms with Gasteiger partial charge in [-0.05, 0) is 37.7 Å². The van der Waals surface area contributed by atoms with Gasteiger partial charge < -0.3 is 14.7 Å². The molecule has 0 aromatic rings. The maximum atomic E-state index is 10.6. The lowest BCUT2D eigenvalue weighted by Gasteiger charge is -2.40. The summed E-state index contributed by atoms with van der Waals surface area (Å²) < 4.78 is 5.63. The van der Waals surface area contributed by atoms with E-state index in [9.17, 15) is 5.11 Å². The highest BCUT2D eigenvalue weighted by molar-refractivity contribution is 5.13. The van der Waals surface area contributed by atoms with Gasteiger partial charge in [-0.3, -0.25) is 0 Å². The van der Waals surface area contributed by atoms with Gasteiger partial charge in [-0.1, -0.05) is 13.8 Å².